The van der Waals surface area contributed by atoms with Crippen molar-refractivity contribution >= 4 is 33.2 Å². The van der Waals surface area contributed by atoms with Crippen LogP contribution in [0.5, 0.6) is 0 Å². The van der Waals surface area contributed by atoms with E-state index in [1.54, 1.807) is 10.8 Å². The van der Waals surface area contributed by atoms with Gasteiger partial charge in [-0.25, -0.2) is 0 Å². The molecule has 0 aliphatic carbocycles. The maximum atomic E-state index is 6.12. The van der Waals surface area contributed by atoms with Gasteiger partial charge in [-0.3, -0.25) is 4.57 Å². The van der Waals surface area contributed by atoms with Crippen molar-refractivity contribution in [2.75, 3.05) is 5.75 Å². The zero-order chi connectivity index (χ0) is 23.1. The van der Waals surface area contributed by atoms with E-state index in [2.05, 4.69) is 46.0 Å². The molecule has 2 aromatic carbocycles. The Morgan fingerprint density at radius 3 is 2.06 bits per heavy atom. The molecule has 0 spiro atoms. The molecule has 6 heteroatoms. The number of halogens is 1. The lowest BCUT2D eigenvalue weighted by Gasteiger charge is -2.10. The van der Waals surface area contributed by atoms with Crippen LogP contribution >= 0.6 is 33.2 Å². The highest BCUT2D eigenvalue weighted by Gasteiger charge is 2.15. The first-order chi connectivity index (χ1) is 16.3. The van der Waals surface area contributed by atoms with Gasteiger partial charge in [0.1, 0.15) is 5.82 Å². The molecule has 0 unspecified atom stereocenters. The molecule has 0 aliphatic rings. The average molecular weight is 502 g/mol. The third-order valence-corrected chi connectivity index (χ3v) is 8.24. The zero-order valence-corrected chi connectivity index (χ0v) is 22.1. The van der Waals surface area contributed by atoms with Crippen LogP contribution in [0.4, 0.5) is 0 Å². The summed E-state index contributed by atoms with van der Waals surface area (Å²) >= 11 is 6.12. The van der Waals surface area contributed by atoms with Crippen molar-refractivity contribution in [1.82, 2.24) is 14.8 Å². The second-order valence-electron chi connectivity index (χ2n) is 8.46. The Kier molecular flexibility index (Phi) is 12.3. The minimum atomic E-state index is 0.737. The highest BCUT2D eigenvalue weighted by molar-refractivity contribution is 8.76. The maximum absolute atomic E-state index is 6.12. The number of nitrogens with zero attached hydrogens (tertiary/aromatic N) is 3. The van der Waals surface area contributed by atoms with Crippen molar-refractivity contribution in [3.8, 4) is 5.69 Å². The summed E-state index contributed by atoms with van der Waals surface area (Å²) in [6, 6.07) is 18.4. The molecule has 0 fully saturated rings. The summed E-state index contributed by atoms with van der Waals surface area (Å²) in [4.78, 5) is 0. The highest BCUT2D eigenvalue weighted by atomic mass is 35.5. The normalized spacial score (nSPS) is 11.2. The van der Waals surface area contributed by atoms with E-state index in [4.69, 9.17) is 11.6 Å². The van der Waals surface area contributed by atoms with E-state index in [9.17, 15) is 0 Å². The van der Waals surface area contributed by atoms with Gasteiger partial charge in [-0.05, 0) is 47.0 Å². The molecule has 3 aromatic rings. The van der Waals surface area contributed by atoms with Crippen LogP contribution in [-0.2, 0) is 6.42 Å². The molecule has 1 aromatic heterocycles. The Labute approximate surface area is 212 Å². The van der Waals surface area contributed by atoms with E-state index in [1.165, 1.54) is 69.8 Å². The predicted octanol–water partition coefficient (Wildman–Crippen LogP) is 9.17. The molecule has 33 heavy (non-hydrogen) atoms. The first-order valence-corrected chi connectivity index (χ1v) is 15.0. The largest absolute Gasteiger partial charge is 0.273 e. The van der Waals surface area contributed by atoms with Crippen LogP contribution in [0.2, 0.25) is 5.02 Å². The summed E-state index contributed by atoms with van der Waals surface area (Å²) in [6.45, 7) is 2.28. The van der Waals surface area contributed by atoms with Gasteiger partial charge < -0.3 is 0 Å². The fraction of sp³-hybridized carbons (Fsp3) is 0.481. The first kappa shape index (κ1) is 26.2. The fourth-order valence-electron chi connectivity index (χ4n) is 3.84. The van der Waals surface area contributed by atoms with E-state index in [1.807, 2.05) is 41.1 Å². The molecule has 3 rings (SSSR count). The Morgan fingerprint density at radius 1 is 0.758 bits per heavy atom. The maximum Gasteiger partial charge on any atom is 0.206 e. The first-order valence-electron chi connectivity index (χ1n) is 12.3. The van der Waals surface area contributed by atoms with Gasteiger partial charge in [-0.1, -0.05) is 117 Å². The Balaban J connectivity index is 1.46. The monoisotopic (exact) mass is 501 g/mol. The van der Waals surface area contributed by atoms with E-state index in [0.29, 0.717) is 0 Å². The fourth-order valence-corrected chi connectivity index (χ4v) is 6.08. The Hall–Kier alpha value is -1.43. The second-order valence-corrected chi connectivity index (χ2v) is 11.3. The molecule has 3 nitrogen and oxygen atoms in total. The summed E-state index contributed by atoms with van der Waals surface area (Å²) in [7, 11) is 3.61. The van der Waals surface area contributed by atoms with Gasteiger partial charge in [0.05, 0.1) is 0 Å². The van der Waals surface area contributed by atoms with E-state index >= 15 is 0 Å². The number of benzene rings is 2. The molecular weight excluding hydrogens is 466 g/mol. The minimum absolute atomic E-state index is 0.737. The molecule has 0 N–H and O–H groups in total. The summed E-state index contributed by atoms with van der Waals surface area (Å²) in [5.74, 6) is 2.09. The molecule has 0 saturated carbocycles. The summed E-state index contributed by atoms with van der Waals surface area (Å²) < 4.78 is 2.17. The Bertz CT molecular complexity index is 913. The van der Waals surface area contributed by atoms with Crippen molar-refractivity contribution in [3.63, 3.8) is 0 Å². The number of aromatic nitrogens is 3. The molecule has 0 atom stereocenters. The SMILES string of the molecule is CCCCCCCCCCCCSSc1nnc(Cc2ccccc2)n1-c1ccc(Cl)cc1. The standard InChI is InChI=1S/C27H36ClN3S2/c1-2-3-4-5-6-7-8-9-10-14-21-32-33-27-30-29-26(22-23-15-12-11-13-16-23)31(27)25-19-17-24(28)18-20-25/h11-13,15-20H,2-10,14,21-22H2,1H3. The van der Waals surface area contributed by atoms with E-state index in [-0.39, 0.29) is 0 Å². The van der Waals surface area contributed by atoms with Gasteiger partial charge in [0.15, 0.2) is 0 Å². The predicted molar refractivity (Wildman–Crippen MR) is 146 cm³/mol. The molecule has 1 heterocycles. The number of rotatable bonds is 16. The van der Waals surface area contributed by atoms with Crippen LogP contribution in [0.15, 0.2) is 59.8 Å². The zero-order valence-electron chi connectivity index (χ0n) is 19.7. The third-order valence-electron chi connectivity index (χ3n) is 5.70. The number of hydrogen-bond donors (Lipinski definition) is 0. The summed E-state index contributed by atoms with van der Waals surface area (Å²) in [6.07, 6.45) is 14.5. The summed E-state index contributed by atoms with van der Waals surface area (Å²) in [5, 5.41) is 10.7. The quantitative estimate of drug-likeness (QED) is 0.144. The third kappa shape index (κ3) is 9.38. The van der Waals surface area contributed by atoms with Crippen LogP contribution in [0.25, 0.3) is 5.69 Å². The topological polar surface area (TPSA) is 30.7 Å². The van der Waals surface area contributed by atoms with Crippen LogP contribution in [0, 0.1) is 0 Å². The van der Waals surface area contributed by atoms with Crippen LogP contribution in [0.3, 0.4) is 0 Å². The second kappa shape index (κ2) is 15.5. The van der Waals surface area contributed by atoms with Crippen molar-refractivity contribution in [3.05, 3.63) is 71.0 Å². The van der Waals surface area contributed by atoms with Crippen molar-refractivity contribution in [1.29, 1.82) is 0 Å². The van der Waals surface area contributed by atoms with E-state index < -0.39 is 0 Å². The lowest BCUT2D eigenvalue weighted by atomic mass is 10.1. The molecular formula is C27H36ClN3S2. The smallest absolute Gasteiger partial charge is 0.206 e. The van der Waals surface area contributed by atoms with Crippen molar-refractivity contribution in [2.24, 2.45) is 0 Å². The van der Waals surface area contributed by atoms with Gasteiger partial charge in [-0.15, -0.1) is 10.2 Å². The van der Waals surface area contributed by atoms with Gasteiger partial charge in [0, 0.05) is 22.9 Å². The molecule has 0 radical (unpaired) electrons. The van der Waals surface area contributed by atoms with E-state index in [0.717, 1.165) is 33.9 Å². The lowest BCUT2D eigenvalue weighted by Crippen LogP contribution is -2.03. The van der Waals surface area contributed by atoms with Crippen LogP contribution in [-0.4, -0.2) is 20.5 Å². The van der Waals surface area contributed by atoms with Gasteiger partial charge >= 0.3 is 0 Å². The van der Waals surface area contributed by atoms with Crippen LogP contribution < -0.4 is 0 Å². The average Bonchev–Trinajstić information content (AvgIpc) is 3.23. The van der Waals surface area contributed by atoms with Crippen LogP contribution in [0.1, 0.15) is 82.5 Å². The molecule has 0 bridgehead atoms. The molecule has 0 amide bonds. The lowest BCUT2D eigenvalue weighted by molar-refractivity contribution is 0.563. The Morgan fingerprint density at radius 2 is 1.39 bits per heavy atom. The van der Waals surface area contributed by atoms with Gasteiger partial charge in [0.25, 0.3) is 0 Å². The van der Waals surface area contributed by atoms with Crippen molar-refractivity contribution in [2.45, 2.75) is 82.7 Å². The molecule has 178 valence electrons. The van der Waals surface area contributed by atoms with Crippen molar-refractivity contribution < 1.29 is 0 Å². The molecule has 0 saturated heterocycles. The molecule has 0 aliphatic heterocycles. The van der Waals surface area contributed by atoms with Gasteiger partial charge in [-0.2, -0.15) is 0 Å². The van der Waals surface area contributed by atoms with Gasteiger partial charge in [0.2, 0.25) is 5.16 Å². The minimum Gasteiger partial charge on any atom is -0.273 e. The number of unbranched alkanes of at least 4 members (excludes halogenated alkanes) is 9. The summed E-state index contributed by atoms with van der Waals surface area (Å²) in [5.41, 5.74) is 2.28. The number of hydrogen-bond acceptors (Lipinski definition) is 4. The highest BCUT2D eigenvalue weighted by Crippen LogP contribution is 2.33.